The van der Waals surface area contributed by atoms with Crippen molar-refractivity contribution in [1.29, 1.82) is 0 Å². The number of ketones is 1. The summed E-state index contributed by atoms with van der Waals surface area (Å²) in [5, 5.41) is 3.08. The number of amidine groups is 1. The molecule has 10 heteroatoms. The van der Waals surface area contributed by atoms with Gasteiger partial charge < -0.3 is 10.1 Å². The van der Waals surface area contributed by atoms with Crippen LogP contribution >= 0.6 is 11.6 Å². The molecular weight excluding hydrogens is 445 g/mol. The van der Waals surface area contributed by atoms with Gasteiger partial charge in [-0.2, -0.15) is 0 Å². The average molecular weight is 471 g/mol. The van der Waals surface area contributed by atoms with Gasteiger partial charge in [0.05, 0.1) is 29.8 Å². The number of benzene rings is 1. The summed E-state index contributed by atoms with van der Waals surface area (Å²) in [6.45, 7) is 5.76. The lowest BCUT2D eigenvalue weighted by Gasteiger charge is -2.51. The SMILES string of the molecule is C=NC(=NCc1cccc(C(F)F)c1F)C1=C(NCCl)CN(C2(C(C)=O)CC(OC)C2)C1. The number of ether oxygens (including phenoxy) is 1. The van der Waals surface area contributed by atoms with E-state index in [0.29, 0.717) is 31.5 Å². The Kier molecular flexibility index (Phi) is 7.74. The van der Waals surface area contributed by atoms with E-state index in [9.17, 15) is 18.0 Å². The minimum atomic E-state index is -2.91. The second-order valence-corrected chi connectivity index (χ2v) is 8.16. The van der Waals surface area contributed by atoms with Gasteiger partial charge in [0.25, 0.3) is 6.43 Å². The number of methoxy groups -OCH3 is 1. The molecule has 1 fully saturated rings. The number of Topliss-reactive ketones (excluding diaryl/α,β-unsaturated/α-hetero) is 1. The average Bonchev–Trinajstić information content (AvgIpc) is 3.13. The summed E-state index contributed by atoms with van der Waals surface area (Å²) < 4.78 is 45.7. The quantitative estimate of drug-likeness (QED) is 0.258. The molecule has 0 atom stereocenters. The van der Waals surface area contributed by atoms with Gasteiger partial charge in [0.15, 0.2) is 5.84 Å². The molecule has 3 rings (SSSR count). The third-order valence-electron chi connectivity index (χ3n) is 6.23. The second kappa shape index (κ2) is 10.1. The molecule has 1 aliphatic heterocycles. The molecular formula is C22H26ClF3N4O2. The molecule has 0 spiro atoms. The number of aliphatic imine (C=N–C) groups is 2. The highest BCUT2D eigenvalue weighted by Gasteiger charge is 2.54. The van der Waals surface area contributed by atoms with Crippen LogP contribution in [0.3, 0.4) is 0 Å². The third-order valence-corrected chi connectivity index (χ3v) is 6.36. The van der Waals surface area contributed by atoms with Gasteiger partial charge in [0.2, 0.25) is 0 Å². The van der Waals surface area contributed by atoms with E-state index in [1.165, 1.54) is 12.1 Å². The van der Waals surface area contributed by atoms with Gasteiger partial charge >= 0.3 is 0 Å². The van der Waals surface area contributed by atoms with Crippen molar-refractivity contribution < 1.29 is 22.7 Å². The number of halogens is 4. The first-order chi connectivity index (χ1) is 15.3. The van der Waals surface area contributed by atoms with Crippen LogP contribution in [0.1, 0.15) is 37.3 Å². The summed E-state index contributed by atoms with van der Waals surface area (Å²) >= 11 is 5.90. The summed E-state index contributed by atoms with van der Waals surface area (Å²) in [7, 11) is 1.62. The lowest BCUT2D eigenvalue weighted by atomic mass is 9.70. The van der Waals surface area contributed by atoms with E-state index < -0.39 is 23.3 Å². The number of carbonyl (C=O) groups excluding carboxylic acids is 1. The van der Waals surface area contributed by atoms with Crippen LogP contribution in [0.4, 0.5) is 13.2 Å². The molecule has 1 aromatic carbocycles. The Balaban J connectivity index is 1.86. The second-order valence-electron chi connectivity index (χ2n) is 7.90. The zero-order valence-corrected chi connectivity index (χ0v) is 18.8. The molecule has 32 heavy (non-hydrogen) atoms. The molecule has 2 aliphatic rings. The molecule has 1 saturated carbocycles. The summed E-state index contributed by atoms with van der Waals surface area (Å²) in [6.07, 6.45) is -1.73. The maximum Gasteiger partial charge on any atom is 0.266 e. The zero-order valence-electron chi connectivity index (χ0n) is 18.0. The molecule has 0 amide bonds. The molecule has 174 valence electrons. The number of hydrogen-bond donors (Lipinski definition) is 1. The van der Waals surface area contributed by atoms with Crippen LogP contribution in [0.25, 0.3) is 0 Å². The van der Waals surface area contributed by atoms with Gasteiger partial charge in [0, 0.05) is 37.0 Å². The van der Waals surface area contributed by atoms with Crippen LogP contribution in [-0.2, 0) is 16.1 Å². The highest BCUT2D eigenvalue weighted by atomic mass is 35.5. The standard InChI is InChI=1S/C22H26ClF3N4O2/c1-13(31)22(7-15(8-22)32-3)30-10-17(18(11-30)29-12-23)21(27-2)28-9-14-5-4-6-16(19(14)24)20(25)26/h4-6,15,20,29H,2,7-12H2,1,3H3. The van der Waals surface area contributed by atoms with Gasteiger partial charge in [-0.25, -0.2) is 18.2 Å². The van der Waals surface area contributed by atoms with Crippen molar-refractivity contribution in [2.24, 2.45) is 9.98 Å². The van der Waals surface area contributed by atoms with Crippen LogP contribution in [0.5, 0.6) is 0 Å². The summed E-state index contributed by atoms with van der Waals surface area (Å²) in [5.74, 6) is -0.678. The molecule has 0 bridgehead atoms. The summed E-state index contributed by atoms with van der Waals surface area (Å²) in [4.78, 5) is 22.9. The van der Waals surface area contributed by atoms with Gasteiger partial charge in [-0.3, -0.25) is 14.7 Å². The number of nitrogens with one attached hydrogen (secondary N) is 1. The smallest absolute Gasteiger partial charge is 0.266 e. The van der Waals surface area contributed by atoms with E-state index in [2.05, 4.69) is 22.0 Å². The van der Waals surface area contributed by atoms with Crippen LogP contribution < -0.4 is 5.32 Å². The molecule has 1 aromatic rings. The number of hydrogen-bond acceptors (Lipinski definition) is 5. The Bertz CT molecular complexity index is 945. The highest BCUT2D eigenvalue weighted by molar-refractivity contribution is 6.17. The fourth-order valence-corrected chi connectivity index (χ4v) is 4.46. The van der Waals surface area contributed by atoms with Gasteiger partial charge in [-0.15, -0.1) is 11.6 Å². The monoisotopic (exact) mass is 470 g/mol. The van der Waals surface area contributed by atoms with E-state index in [0.717, 1.165) is 11.8 Å². The molecule has 0 radical (unpaired) electrons. The Labute approximate surface area is 190 Å². The van der Waals surface area contributed by atoms with Crippen molar-refractivity contribution in [3.63, 3.8) is 0 Å². The first-order valence-electron chi connectivity index (χ1n) is 10.1. The first-order valence-corrected chi connectivity index (χ1v) is 10.7. The summed E-state index contributed by atoms with van der Waals surface area (Å²) in [6, 6.07) is 3.96. The largest absolute Gasteiger partial charge is 0.381 e. The minimum Gasteiger partial charge on any atom is -0.381 e. The number of nitrogens with zero attached hydrogens (tertiary/aromatic N) is 3. The van der Waals surface area contributed by atoms with E-state index in [4.69, 9.17) is 16.3 Å². The van der Waals surface area contributed by atoms with Crippen LogP contribution in [0, 0.1) is 5.82 Å². The van der Waals surface area contributed by atoms with Crippen molar-refractivity contribution in [3.05, 3.63) is 46.4 Å². The molecule has 1 heterocycles. The zero-order chi connectivity index (χ0) is 23.5. The van der Waals surface area contributed by atoms with Gasteiger partial charge in [-0.1, -0.05) is 18.2 Å². The van der Waals surface area contributed by atoms with Crippen molar-refractivity contribution in [2.75, 3.05) is 26.2 Å². The fraction of sp³-hybridized carbons (Fsp3) is 0.500. The normalized spacial score (nSPS) is 24.1. The maximum absolute atomic E-state index is 14.4. The predicted molar refractivity (Wildman–Crippen MR) is 118 cm³/mol. The molecule has 0 aromatic heterocycles. The molecule has 0 saturated heterocycles. The van der Waals surface area contributed by atoms with Crippen LogP contribution in [0.2, 0.25) is 0 Å². The van der Waals surface area contributed by atoms with E-state index in [-0.39, 0.29) is 35.8 Å². The Morgan fingerprint density at radius 3 is 2.69 bits per heavy atom. The van der Waals surface area contributed by atoms with Crippen LogP contribution in [0.15, 0.2) is 39.5 Å². The first kappa shape index (κ1) is 24.4. The highest BCUT2D eigenvalue weighted by Crippen LogP contribution is 2.43. The Morgan fingerprint density at radius 1 is 1.41 bits per heavy atom. The van der Waals surface area contributed by atoms with E-state index >= 15 is 0 Å². The molecule has 1 aliphatic carbocycles. The Morgan fingerprint density at radius 2 is 2.12 bits per heavy atom. The summed E-state index contributed by atoms with van der Waals surface area (Å²) in [5.41, 5.74) is 0.157. The number of alkyl halides is 3. The molecule has 0 unspecified atom stereocenters. The number of rotatable bonds is 9. The van der Waals surface area contributed by atoms with E-state index in [1.54, 1.807) is 14.0 Å². The topological polar surface area (TPSA) is 66.3 Å². The Hall–Kier alpha value is -2.23. The molecule has 6 nitrogen and oxygen atoms in total. The number of carbonyl (C=O) groups is 1. The fourth-order valence-electron chi connectivity index (χ4n) is 4.30. The minimum absolute atomic E-state index is 0.0168. The lowest BCUT2D eigenvalue weighted by molar-refractivity contribution is -0.146. The van der Waals surface area contributed by atoms with E-state index in [1.807, 2.05) is 4.90 Å². The maximum atomic E-state index is 14.4. The molecule has 1 N–H and O–H groups in total. The third kappa shape index (κ3) is 4.60. The van der Waals surface area contributed by atoms with Crippen molar-refractivity contribution in [2.45, 2.75) is 44.4 Å². The van der Waals surface area contributed by atoms with Gasteiger partial charge in [0.1, 0.15) is 11.6 Å². The lowest BCUT2D eigenvalue weighted by Crippen LogP contribution is -2.63. The predicted octanol–water partition coefficient (Wildman–Crippen LogP) is 3.85. The van der Waals surface area contributed by atoms with Crippen LogP contribution in [-0.4, -0.2) is 61.1 Å². The van der Waals surface area contributed by atoms with Crippen molar-refractivity contribution in [3.8, 4) is 0 Å². The van der Waals surface area contributed by atoms with Crippen molar-refractivity contribution >= 4 is 29.9 Å². The van der Waals surface area contributed by atoms with Gasteiger partial charge in [-0.05, 0) is 26.5 Å². The van der Waals surface area contributed by atoms with Crippen molar-refractivity contribution in [1.82, 2.24) is 10.2 Å².